The zero-order chi connectivity index (χ0) is 16.4. The zero-order valence-electron chi connectivity index (χ0n) is 13.9. The summed E-state index contributed by atoms with van der Waals surface area (Å²) in [6.45, 7) is 2.95. The minimum absolute atomic E-state index is 0.0501. The van der Waals surface area contributed by atoms with Gasteiger partial charge in [-0.2, -0.15) is 0 Å². The Morgan fingerprint density at radius 1 is 1.00 bits per heavy atom. The molecule has 0 spiro atoms. The van der Waals surface area contributed by atoms with Crippen LogP contribution in [0.1, 0.15) is 41.8 Å². The molecule has 2 aromatic rings. The Bertz CT molecular complexity index is 668. The van der Waals surface area contributed by atoms with Gasteiger partial charge in [-0.15, -0.1) is 0 Å². The van der Waals surface area contributed by atoms with E-state index in [1.807, 2.05) is 4.90 Å². The SMILES string of the molecule is O=C(c1ccco1)N1CCC[C@H]1[C@H]1CCCN1Cc1ccccc1. The summed E-state index contributed by atoms with van der Waals surface area (Å²) in [4.78, 5) is 17.4. The third-order valence-corrected chi connectivity index (χ3v) is 5.38. The maximum Gasteiger partial charge on any atom is 0.289 e. The van der Waals surface area contributed by atoms with Gasteiger partial charge < -0.3 is 9.32 Å². The average molecular weight is 324 g/mol. The van der Waals surface area contributed by atoms with Crippen molar-refractivity contribution in [2.24, 2.45) is 0 Å². The second kappa shape index (κ2) is 6.81. The van der Waals surface area contributed by atoms with Crippen molar-refractivity contribution < 1.29 is 9.21 Å². The highest BCUT2D eigenvalue weighted by atomic mass is 16.3. The summed E-state index contributed by atoms with van der Waals surface area (Å²) in [6.07, 6.45) is 6.17. The highest BCUT2D eigenvalue weighted by Gasteiger charge is 2.40. The molecule has 1 amide bonds. The number of carbonyl (C=O) groups is 1. The fraction of sp³-hybridized carbons (Fsp3) is 0.450. The summed E-state index contributed by atoms with van der Waals surface area (Å²) in [6, 6.07) is 15.0. The number of likely N-dealkylation sites (tertiary alicyclic amines) is 2. The third-order valence-electron chi connectivity index (χ3n) is 5.38. The molecule has 2 fully saturated rings. The van der Waals surface area contributed by atoms with Crippen LogP contribution in [-0.4, -0.2) is 40.9 Å². The molecule has 0 unspecified atom stereocenters. The van der Waals surface area contributed by atoms with Gasteiger partial charge in [-0.3, -0.25) is 9.69 Å². The van der Waals surface area contributed by atoms with Crippen molar-refractivity contribution in [3.05, 3.63) is 60.1 Å². The third kappa shape index (κ3) is 2.98. The Balaban J connectivity index is 1.49. The van der Waals surface area contributed by atoms with Crippen LogP contribution in [0.5, 0.6) is 0 Å². The van der Waals surface area contributed by atoms with Gasteiger partial charge >= 0.3 is 0 Å². The fourth-order valence-corrected chi connectivity index (χ4v) is 4.29. The first-order valence-electron chi connectivity index (χ1n) is 8.95. The van der Waals surface area contributed by atoms with Crippen molar-refractivity contribution in [3.63, 3.8) is 0 Å². The Morgan fingerprint density at radius 2 is 1.79 bits per heavy atom. The minimum Gasteiger partial charge on any atom is -0.459 e. The second-order valence-electron chi connectivity index (χ2n) is 6.85. The van der Waals surface area contributed by atoms with Crippen molar-refractivity contribution in [1.29, 1.82) is 0 Å². The van der Waals surface area contributed by atoms with Crippen molar-refractivity contribution in [2.45, 2.75) is 44.3 Å². The molecular formula is C20H24N2O2. The molecule has 2 aliphatic rings. The van der Waals surface area contributed by atoms with E-state index < -0.39 is 0 Å². The fourth-order valence-electron chi connectivity index (χ4n) is 4.29. The summed E-state index contributed by atoms with van der Waals surface area (Å²) >= 11 is 0. The molecule has 0 saturated carbocycles. The number of carbonyl (C=O) groups excluding carboxylic acids is 1. The number of furan rings is 1. The summed E-state index contributed by atoms with van der Waals surface area (Å²) in [7, 11) is 0. The van der Waals surface area contributed by atoms with E-state index in [1.54, 1.807) is 18.4 Å². The Morgan fingerprint density at radius 3 is 2.58 bits per heavy atom. The van der Waals surface area contributed by atoms with Crippen LogP contribution in [0, 0.1) is 0 Å². The van der Waals surface area contributed by atoms with Crippen LogP contribution in [0.15, 0.2) is 53.1 Å². The molecule has 0 radical (unpaired) electrons. The van der Waals surface area contributed by atoms with Crippen molar-refractivity contribution >= 4 is 5.91 Å². The summed E-state index contributed by atoms with van der Waals surface area (Å²) in [5, 5.41) is 0. The quantitative estimate of drug-likeness (QED) is 0.863. The highest BCUT2D eigenvalue weighted by molar-refractivity contribution is 5.91. The van der Waals surface area contributed by atoms with Crippen molar-refractivity contribution in [1.82, 2.24) is 9.80 Å². The molecule has 1 aromatic heterocycles. The summed E-state index contributed by atoms with van der Waals surface area (Å²) < 4.78 is 5.34. The zero-order valence-corrected chi connectivity index (χ0v) is 13.9. The van der Waals surface area contributed by atoms with Crippen molar-refractivity contribution in [2.75, 3.05) is 13.1 Å². The first-order chi connectivity index (χ1) is 11.8. The van der Waals surface area contributed by atoms with Crippen LogP contribution in [-0.2, 0) is 6.54 Å². The summed E-state index contributed by atoms with van der Waals surface area (Å²) in [5.41, 5.74) is 1.35. The molecule has 126 valence electrons. The molecule has 4 rings (SSSR count). The molecule has 2 atom stereocenters. The first kappa shape index (κ1) is 15.5. The molecule has 3 heterocycles. The van der Waals surface area contributed by atoms with Gasteiger partial charge in [0, 0.05) is 25.2 Å². The minimum atomic E-state index is 0.0501. The Labute approximate surface area is 143 Å². The maximum absolute atomic E-state index is 12.8. The van der Waals surface area contributed by atoms with E-state index in [-0.39, 0.29) is 5.91 Å². The van der Waals surface area contributed by atoms with Gasteiger partial charge in [0.05, 0.1) is 6.26 Å². The van der Waals surface area contributed by atoms with E-state index in [4.69, 9.17) is 4.42 Å². The first-order valence-corrected chi connectivity index (χ1v) is 8.95. The van der Waals surface area contributed by atoms with Gasteiger partial charge in [-0.25, -0.2) is 0 Å². The number of hydrogen-bond acceptors (Lipinski definition) is 3. The van der Waals surface area contributed by atoms with Crippen LogP contribution < -0.4 is 0 Å². The summed E-state index contributed by atoms with van der Waals surface area (Å²) in [5.74, 6) is 0.517. The lowest BCUT2D eigenvalue weighted by molar-refractivity contribution is 0.0608. The van der Waals surface area contributed by atoms with Crippen LogP contribution >= 0.6 is 0 Å². The number of nitrogens with zero attached hydrogens (tertiary/aromatic N) is 2. The van der Waals surface area contributed by atoms with E-state index in [2.05, 4.69) is 35.2 Å². The van der Waals surface area contributed by atoms with Crippen LogP contribution in [0.3, 0.4) is 0 Å². The Hall–Kier alpha value is -2.07. The smallest absolute Gasteiger partial charge is 0.289 e. The Kier molecular flexibility index (Phi) is 4.39. The molecule has 2 aliphatic heterocycles. The topological polar surface area (TPSA) is 36.7 Å². The number of hydrogen-bond donors (Lipinski definition) is 0. The second-order valence-corrected chi connectivity index (χ2v) is 6.85. The number of amides is 1. The van der Waals surface area contributed by atoms with Crippen LogP contribution in [0.2, 0.25) is 0 Å². The molecule has 2 saturated heterocycles. The van der Waals surface area contributed by atoms with E-state index in [9.17, 15) is 4.79 Å². The molecule has 24 heavy (non-hydrogen) atoms. The molecule has 4 nitrogen and oxygen atoms in total. The maximum atomic E-state index is 12.8. The highest BCUT2D eigenvalue weighted by Crippen LogP contribution is 2.32. The predicted octanol–water partition coefficient (Wildman–Crippen LogP) is 3.55. The normalized spacial score (nSPS) is 24.6. The molecular weight excluding hydrogens is 300 g/mol. The van der Waals surface area contributed by atoms with Gasteiger partial charge in [0.25, 0.3) is 5.91 Å². The van der Waals surface area contributed by atoms with Gasteiger partial charge in [-0.05, 0) is 49.9 Å². The van der Waals surface area contributed by atoms with Crippen LogP contribution in [0.4, 0.5) is 0 Å². The van der Waals surface area contributed by atoms with Crippen LogP contribution in [0.25, 0.3) is 0 Å². The van der Waals surface area contributed by atoms with Gasteiger partial charge in [0.1, 0.15) is 0 Å². The standard InChI is InChI=1S/C20H24N2O2/c23-20(19-11-6-14-24-19)22-13-5-10-18(22)17-9-4-12-21(17)15-16-7-2-1-3-8-16/h1-3,6-8,11,14,17-18H,4-5,9-10,12-13,15H2/t17-,18+/m1/s1. The van der Waals surface area contributed by atoms with Gasteiger partial charge in [0.15, 0.2) is 5.76 Å². The van der Waals surface area contributed by atoms with Gasteiger partial charge in [-0.1, -0.05) is 30.3 Å². The van der Waals surface area contributed by atoms with Crippen molar-refractivity contribution in [3.8, 4) is 0 Å². The monoisotopic (exact) mass is 324 g/mol. The average Bonchev–Trinajstić information content (AvgIpc) is 3.36. The lowest BCUT2D eigenvalue weighted by Crippen LogP contribution is -2.48. The van der Waals surface area contributed by atoms with Gasteiger partial charge in [0.2, 0.25) is 0 Å². The van der Waals surface area contributed by atoms with E-state index in [0.29, 0.717) is 17.8 Å². The lowest BCUT2D eigenvalue weighted by Gasteiger charge is -2.34. The predicted molar refractivity (Wildman–Crippen MR) is 92.6 cm³/mol. The molecule has 4 heteroatoms. The lowest BCUT2D eigenvalue weighted by atomic mass is 10.0. The molecule has 1 aromatic carbocycles. The molecule has 0 aliphatic carbocycles. The molecule has 0 bridgehead atoms. The molecule has 0 N–H and O–H groups in total. The number of benzene rings is 1. The van der Waals surface area contributed by atoms with E-state index >= 15 is 0 Å². The van der Waals surface area contributed by atoms with E-state index in [1.165, 1.54) is 18.4 Å². The number of rotatable bonds is 4. The van der Waals surface area contributed by atoms with E-state index in [0.717, 1.165) is 32.5 Å². The largest absolute Gasteiger partial charge is 0.459 e.